The SMILES string of the molecule is CN(Cc1nnc(C2CC2)n1C)CC(O)Cn1cc([N+](=O)[O-])cn1. The van der Waals surface area contributed by atoms with Crippen molar-refractivity contribution in [1.29, 1.82) is 0 Å². The Bertz CT molecular complexity index is 722. The Morgan fingerprint density at radius 3 is 2.88 bits per heavy atom. The van der Waals surface area contributed by atoms with Crippen LogP contribution in [0.2, 0.25) is 0 Å². The van der Waals surface area contributed by atoms with Gasteiger partial charge in [0.2, 0.25) is 0 Å². The molecule has 0 radical (unpaired) electrons. The number of aliphatic hydroxyl groups excluding tert-OH is 1. The van der Waals surface area contributed by atoms with Crippen LogP contribution in [0.1, 0.15) is 30.4 Å². The smallest absolute Gasteiger partial charge is 0.306 e. The summed E-state index contributed by atoms with van der Waals surface area (Å²) in [5.41, 5.74) is -0.0813. The number of likely N-dealkylation sites (N-methyl/N-ethyl adjacent to an activating group) is 1. The number of hydrogen-bond acceptors (Lipinski definition) is 7. The van der Waals surface area contributed by atoms with E-state index >= 15 is 0 Å². The minimum absolute atomic E-state index is 0.0813. The molecule has 0 amide bonds. The largest absolute Gasteiger partial charge is 0.390 e. The Labute approximate surface area is 138 Å². The van der Waals surface area contributed by atoms with Crippen molar-refractivity contribution >= 4 is 5.69 Å². The molecule has 1 aliphatic rings. The second-order valence-corrected chi connectivity index (χ2v) is 6.34. The van der Waals surface area contributed by atoms with Crippen LogP contribution in [0.25, 0.3) is 0 Å². The molecular formula is C14H21N7O3. The van der Waals surface area contributed by atoms with Gasteiger partial charge < -0.3 is 9.67 Å². The van der Waals surface area contributed by atoms with Gasteiger partial charge in [-0.05, 0) is 19.9 Å². The second-order valence-electron chi connectivity index (χ2n) is 6.34. The average Bonchev–Trinajstić information content (AvgIpc) is 3.13. The number of rotatable bonds is 8. The Morgan fingerprint density at radius 2 is 2.25 bits per heavy atom. The van der Waals surface area contributed by atoms with E-state index in [-0.39, 0.29) is 12.2 Å². The van der Waals surface area contributed by atoms with Gasteiger partial charge in [0, 0.05) is 19.5 Å². The van der Waals surface area contributed by atoms with Crippen LogP contribution in [-0.2, 0) is 20.1 Å². The molecule has 1 saturated carbocycles. The van der Waals surface area contributed by atoms with E-state index in [1.165, 1.54) is 29.9 Å². The van der Waals surface area contributed by atoms with Crippen LogP contribution in [-0.4, -0.2) is 59.2 Å². The van der Waals surface area contributed by atoms with Crippen molar-refractivity contribution in [2.45, 2.75) is 38.0 Å². The molecule has 1 atom stereocenters. The highest BCUT2D eigenvalue weighted by Crippen LogP contribution is 2.38. The van der Waals surface area contributed by atoms with Crippen molar-refractivity contribution in [1.82, 2.24) is 29.4 Å². The van der Waals surface area contributed by atoms with Gasteiger partial charge in [-0.1, -0.05) is 0 Å². The molecule has 1 fully saturated rings. The van der Waals surface area contributed by atoms with Gasteiger partial charge in [-0.25, -0.2) is 0 Å². The molecule has 0 spiro atoms. The standard InChI is InChI=1S/C14H21N7O3/c1-18(9-13-16-17-14(19(13)2)10-3-4-10)7-12(22)8-20-6-11(5-15-20)21(23)24/h5-6,10,12,22H,3-4,7-9H2,1-2H3. The zero-order valence-electron chi connectivity index (χ0n) is 13.7. The van der Waals surface area contributed by atoms with Gasteiger partial charge in [-0.2, -0.15) is 5.10 Å². The van der Waals surface area contributed by atoms with E-state index in [1.54, 1.807) is 0 Å². The Balaban J connectivity index is 1.52. The molecule has 10 nitrogen and oxygen atoms in total. The van der Waals surface area contributed by atoms with Crippen LogP contribution in [0, 0.1) is 10.1 Å². The van der Waals surface area contributed by atoms with E-state index in [0.29, 0.717) is 19.0 Å². The van der Waals surface area contributed by atoms with Crippen LogP contribution in [0.3, 0.4) is 0 Å². The van der Waals surface area contributed by atoms with Crippen molar-refractivity contribution in [3.63, 3.8) is 0 Å². The molecule has 1 N–H and O–H groups in total. The summed E-state index contributed by atoms with van der Waals surface area (Å²) in [6.45, 7) is 1.18. The fourth-order valence-electron chi connectivity index (χ4n) is 2.70. The van der Waals surface area contributed by atoms with Gasteiger partial charge in [0.1, 0.15) is 24.0 Å². The lowest BCUT2D eigenvalue weighted by atomic mass is 10.3. The van der Waals surface area contributed by atoms with E-state index in [0.717, 1.165) is 11.6 Å². The Morgan fingerprint density at radius 1 is 1.50 bits per heavy atom. The highest BCUT2D eigenvalue weighted by molar-refractivity contribution is 5.20. The monoisotopic (exact) mass is 335 g/mol. The molecule has 2 aromatic heterocycles. The fourth-order valence-corrected chi connectivity index (χ4v) is 2.70. The van der Waals surface area contributed by atoms with Gasteiger partial charge >= 0.3 is 5.69 Å². The van der Waals surface area contributed by atoms with Crippen LogP contribution in [0.15, 0.2) is 12.4 Å². The van der Waals surface area contributed by atoms with Crippen molar-refractivity contribution in [2.75, 3.05) is 13.6 Å². The first kappa shape index (κ1) is 16.5. The van der Waals surface area contributed by atoms with Gasteiger partial charge in [0.15, 0.2) is 0 Å². The number of aliphatic hydroxyl groups is 1. The Kier molecular flexibility index (Phi) is 4.58. The summed E-state index contributed by atoms with van der Waals surface area (Å²) in [6, 6.07) is 0. The number of nitrogens with zero attached hydrogens (tertiary/aromatic N) is 7. The van der Waals surface area contributed by atoms with Crippen LogP contribution >= 0.6 is 0 Å². The summed E-state index contributed by atoms with van der Waals surface area (Å²) >= 11 is 0. The molecule has 2 heterocycles. The van der Waals surface area contributed by atoms with E-state index < -0.39 is 11.0 Å². The predicted octanol–water partition coefficient (Wildman–Crippen LogP) is 0.290. The zero-order chi connectivity index (χ0) is 17.3. The molecule has 0 aliphatic heterocycles. The van der Waals surface area contributed by atoms with Crippen LogP contribution < -0.4 is 0 Å². The molecule has 3 rings (SSSR count). The second kappa shape index (κ2) is 6.65. The molecule has 24 heavy (non-hydrogen) atoms. The summed E-state index contributed by atoms with van der Waals surface area (Å²) < 4.78 is 3.40. The number of aromatic nitrogens is 5. The average molecular weight is 335 g/mol. The molecule has 0 aromatic carbocycles. The third-order valence-electron chi connectivity index (χ3n) is 4.10. The summed E-state index contributed by atoms with van der Waals surface area (Å²) in [6.07, 6.45) is 4.15. The molecule has 1 unspecified atom stereocenters. The highest BCUT2D eigenvalue weighted by atomic mass is 16.6. The first-order valence-electron chi connectivity index (χ1n) is 7.85. The molecule has 10 heteroatoms. The maximum absolute atomic E-state index is 10.6. The summed E-state index contributed by atoms with van der Waals surface area (Å²) in [5, 5.41) is 33.1. The van der Waals surface area contributed by atoms with Crippen molar-refractivity contribution in [3.05, 3.63) is 34.2 Å². The van der Waals surface area contributed by atoms with Crippen LogP contribution in [0.4, 0.5) is 5.69 Å². The summed E-state index contributed by atoms with van der Waals surface area (Å²) in [5.74, 6) is 2.44. The lowest BCUT2D eigenvalue weighted by Gasteiger charge is -2.20. The molecule has 130 valence electrons. The topological polar surface area (TPSA) is 115 Å². The van der Waals surface area contributed by atoms with E-state index in [1.807, 2.05) is 23.6 Å². The normalized spacial score (nSPS) is 15.8. The van der Waals surface area contributed by atoms with Gasteiger partial charge in [0.25, 0.3) is 0 Å². The van der Waals surface area contributed by atoms with Crippen LogP contribution in [0.5, 0.6) is 0 Å². The third-order valence-corrected chi connectivity index (χ3v) is 4.10. The molecule has 0 bridgehead atoms. The lowest BCUT2D eigenvalue weighted by Crippen LogP contribution is -2.32. The van der Waals surface area contributed by atoms with E-state index in [2.05, 4.69) is 15.3 Å². The summed E-state index contributed by atoms with van der Waals surface area (Å²) in [4.78, 5) is 12.1. The molecular weight excluding hydrogens is 314 g/mol. The molecule has 1 aliphatic carbocycles. The highest BCUT2D eigenvalue weighted by Gasteiger charge is 2.29. The van der Waals surface area contributed by atoms with Gasteiger partial charge in [-0.15, -0.1) is 10.2 Å². The fraction of sp³-hybridized carbons (Fsp3) is 0.643. The first-order valence-corrected chi connectivity index (χ1v) is 7.85. The summed E-state index contributed by atoms with van der Waals surface area (Å²) in [7, 11) is 3.86. The predicted molar refractivity (Wildman–Crippen MR) is 84.2 cm³/mol. The zero-order valence-corrected chi connectivity index (χ0v) is 13.7. The Hall–Kier alpha value is -2.33. The van der Waals surface area contributed by atoms with Crippen molar-refractivity contribution in [2.24, 2.45) is 7.05 Å². The first-order chi connectivity index (χ1) is 11.4. The molecule has 2 aromatic rings. The number of nitro groups is 1. The van der Waals surface area contributed by atoms with E-state index in [4.69, 9.17) is 0 Å². The minimum atomic E-state index is -0.689. The van der Waals surface area contributed by atoms with Crippen molar-refractivity contribution in [3.8, 4) is 0 Å². The maximum atomic E-state index is 10.6. The van der Waals surface area contributed by atoms with E-state index in [9.17, 15) is 15.2 Å². The third kappa shape index (κ3) is 3.77. The minimum Gasteiger partial charge on any atom is -0.390 e. The lowest BCUT2D eigenvalue weighted by molar-refractivity contribution is -0.385. The number of hydrogen-bond donors (Lipinski definition) is 1. The maximum Gasteiger partial charge on any atom is 0.306 e. The quantitative estimate of drug-likeness (QED) is 0.544. The van der Waals surface area contributed by atoms with Gasteiger partial charge in [0.05, 0.1) is 24.1 Å². The molecule has 0 saturated heterocycles. The van der Waals surface area contributed by atoms with Gasteiger partial charge in [-0.3, -0.25) is 19.7 Å². The van der Waals surface area contributed by atoms with Crippen molar-refractivity contribution < 1.29 is 10.0 Å².